The van der Waals surface area contributed by atoms with Gasteiger partial charge in [-0.25, -0.2) is 8.78 Å². The van der Waals surface area contributed by atoms with Crippen LogP contribution in [0.25, 0.3) is 0 Å². The summed E-state index contributed by atoms with van der Waals surface area (Å²) >= 11 is 0. The standard InChI is InChI=1S/C25H33F2N5O3S/c26-21-4-1-3-19(13-21)18-6-8-23(9-7-18)35-17-20-14-31(25-5-2-11-28-29-25)12-10-24(20)30-36(33,34)32-15-22(27)16-32/h1-5,11,13,18,20,22-24,30H,6-10,12,14-17H2/t18?,20-,23?,24?/m0/s1. The zero-order valence-corrected chi connectivity index (χ0v) is 21.0. The van der Waals surface area contributed by atoms with Gasteiger partial charge in [0, 0.05) is 44.3 Å². The van der Waals surface area contributed by atoms with Crippen molar-refractivity contribution in [3.8, 4) is 0 Å². The molecular formula is C25H33F2N5O3S. The van der Waals surface area contributed by atoms with Gasteiger partial charge in [0.1, 0.15) is 12.0 Å². The highest BCUT2D eigenvalue weighted by Gasteiger charge is 2.40. The summed E-state index contributed by atoms with van der Waals surface area (Å²) < 4.78 is 62.7. The summed E-state index contributed by atoms with van der Waals surface area (Å²) in [6.45, 7) is 1.43. The van der Waals surface area contributed by atoms with Crippen molar-refractivity contribution in [2.24, 2.45) is 5.92 Å². The number of rotatable bonds is 8. The Hall–Kier alpha value is -2.21. The molecule has 36 heavy (non-hydrogen) atoms. The van der Waals surface area contributed by atoms with E-state index in [0.717, 1.165) is 41.4 Å². The molecule has 3 fully saturated rings. The van der Waals surface area contributed by atoms with E-state index in [1.165, 1.54) is 6.07 Å². The number of piperidine rings is 1. The quantitative estimate of drug-likeness (QED) is 0.575. The van der Waals surface area contributed by atoms with E-state index in [9.17, 15) is 17.2 Å². The highest BCUT2D eigenvalue weighted by atomic mass is 32.2. The molecule has 1 unspecified atom stereocenters. The summed E-state index contributed by atoms with van der Waals surface area (Å²) in [5.74, 6) is 0.781. The number of benzene rings is 1. The van der Waals surface area contributed by atoms with Crippen LogP contribution in [0.1, 0.15) is 43.6 Å². The Kier molecular flexibility index (Phi) is 7.80. The minimum atomic E-state index is -3.75. The first-order valence-electron chi connectivity index (χ1n) is 12.7. The van der Waals surface area contributed by atoms with Crippen LogP contribution in [0.3, 0.4) is 0 Å². The predicted molar refractivity (Wildman–Crippen MR) is 132 cm³/mol. The summed E-state index contributed by atoms with van der Waals surface area (Å²) in [7, 11) is -3.75. The molecular weight excluding hydrogens is 488 g/mol. The predicted octanol–water partition coefficient (Wildman–Crippen LogP) is 3.04. The Bertz CT molecular complexity index is 1110. The van der Waals surface area contributed by atoms with Crippen LogP contribution in [-0.2, 0) is 14.9 Å². The number of hydrogen-bond donors (Lipinski definition) is 1. The van der Waals surface area contributed by atoms with Gasteiger partial charge in [0.2, 0.25) is 0 Å². The van der Waals surface area contributed by atoms with Crippen LogP contribution in [0.5, 0.6) is 0 Å². The molecule has 0 bridgehead atoms. The van der Waals surface area contributed by atoms with Gasteiger partial charge < -0.3 is 9.64 Å². The first-order valence-corrected chi connectivity index (χ1v) is 14.1. The minimum Gasteiger partial charge on any atom is -0.378 e. The molecule has 3 heterocycles. The summed E-state index contributed by atoms with van der Waals surface area (Å²) in [5.41, 5.74) is 1.04. The summed E-state index contributed by atoms with van der Waals surface area (Å²) in [4.78, 5) is 2.11. The lowest BCUT2D eigenvalue weighted by Gasteiger charge is -2.41. The molecule has 3 aliphatic rings. The summed E-state index contributed by atoms with van der Waals surface area (Å²) in [5, 5.41) is 8.18. The minimum absolute atomic E-state index is 0.0848. The van der Waals surface area contributed by atoms with Gasteiger partial charge >= 0.3 is 0 Å². The van der Waals surface area contributed by atoms with E-state index < -0.39 is 16.4 Å². The maximum Gasteiger partial charge on any atom is 0.279 e. The van der Waals surface area contributed by atoms with Gasteiger partial charge in [0.25, 0.3) is 10.2 Å². The topological polar surface area (TPSA) is 87.7 Å². The Morgan fingerprint density at radius 2 is 1.86 bits per heavy atom. The molecule has 1 saturated carbocycles. The third-order valence-corrected chi connectivity index (χ3v) is 9.18. The van der Waals surface area contributed by atoms with E-state index in [0.29, 0.717) is 32.0 Å². The molecule has 0 radical (unpaired) electrons. The first-order chi connectivity index (χ1) is 17.4. The van der Waals surface area contributed by atoms with E-state index in [4.69, 9.17) is 4.74 Å². The molecule has 2 aromatic rings. The third-order valence-electron chi connectivity index (χ3n) is 7.60. The normalized spacial score (nSPS) is 28.1. The van der Waals surface area contributed by atoms with E-state index >= 15 is 0 Å². The largest absolute Gasteiger partial charge is 0.378 e. The van der Waals surface area contributed by atoms with Crippen LogP contribution in [0.15, 0.2) is 42.6 Å². The van der Waals surface area contributed by atoms with Gasteiger partial charge in [0.05, 0.1) is 12.7 Å². The summed E-state index contributed by atoms with van der Waals surface area (Å²) in [6.07, 6.45) is 4.82. The number of halogens is 2. The lowest BCUT2D eigenvalue weighted by Crippen LogP contribution is -2.60. The lowest BCUT2D eigenvalue weighted by molar-refractivity contribution is -0.00239. The maximum atomic E-state index is 13.6. The van der Waals surface area contributed by atoms with Gasteiger partial charge in [-0.1, -0.05) is 12.1 Å². The molecule has 1 aromatic heterocycles. The van der Waals surface area contributed by atoms with Crippen molar-refractivity contribution >= 4 is 16.0 Å². The van der Waals surface area contributed by atoms with Crippen LogP contribution in [-0.4, -0.2) is 74.0 Å². The SMILES string of the molecule is O=S(=O)(NC1CCN(c2cccnn2)C[C@H]1COC1CCC(c2cccc(F)c2)CC1)N1CC(F)C1. The number of nitrogens with one attached hydrogen (secondary N) is 1. The Morgan fingerprint density at radius 3 is 2.56 bits per heavy atom. The molecule has 2 aliphatic heterocycles. The Morgan fingerprint density at radius 1 is 1.06 bits per heavy atom. The van der Waals surface area contributed by atoms with Gasteiger partial charge in [-0.3, -0.25) is 0 Å². The molecule has 2 atom stereocenters. The van der Waals surface area contributed by atoms with Gasteiger partial charge in [-0.05, 0) is 67.9 Å². The summed E-state index contributed by atoms with van der Waals surface area (Å²) in [6, 6.07) is 10.2. The molecule has 2 saturated heterocycles. The number of aromatic nitrogens is 2. The second-order valence-corrected chi connectivity index (χ2v) is 11.8. The fourth-order valence-corrected chi connectivity index (χ4v) is 7.02. The highest BCUT2D eigenvalue weighted by molar-refractivity contribution is 7.87. The van der Waals surface area contributed by atoms with Gasteiger partial charge in [-0.15, -0.1) is 5.10 Å². The maximum absolute atomic E-state index is 13.6. The van der Waals surface area contributed by atoms with Crippen molar-refractivity contribution in [2.75, 3.05) is 37.7 Å². The monoisotopic (exact) mass is 521 g/mol. The van der Waals surface area contributed by atoms with Crippen molar-refractivity contribution in [1.82, 2.24) is 19.2 Å². The van der Waals surface area contributed by atoms with Crippen LogP contribution in [0.2, 0.25) is 0 Å². The average molecular weight is 522 g/mol. The first kappa shape index (κ1) is 25.4. The molecule has 5 rings (SSSR count). The molecule has 1 aliphatic carbocycles. The molecule has 196 valence electrons. The smallest absolute Gasteiger partial charge is 0.279 e. The number of ether oxygens (including phenoxy) is 1. The van der Waals surface area contributed by atoms with Crippen LogP contribution in [0.4, 0.5) is 14.6 Å². The molecule has 8 nitrogen and oxygen atoms in total. The van der Waals surface area contributed by atoms with Gasteiger partial charge in [-0.2, -0.15) is 22.5 Å². The van der Waals surface area contributed by atoms with Crippen LogP contribution < -0.4 is 9.62 Å². The fraction of sp³-hybridized carbons (Fsp3) is 0.600. The zero-order valence-electron chi connectivity index (χ0n) is 20.2. The van der Waals surface area contributed by atoms with E-state index in [-0.39, 0.29) is 37.0 Å². The zero-order chi connectivity index (χ0) is 25.1. The van der Waals surface area contributed by atoms with E-state index in [2.05, 4.69) is 19.8 Å². The Labute approximate surface area is 211 Å². The number of anilines is 1. The van der Waals surface area contributed by atoms with Crippen molar-refractivity contribution in [1.29, 1.82) is 0 Å². The van der Waals surface area contributed by atoms with Gasteiger partial charge in [0.15, 0.2) is 5.82 Å². The number of nitrogens with zero attached hydrogens (tertiary/aromatic N) is 4. The second-order valence-electron chi connectivity index (χ2n) is 10.1. The van der Waals surface area contributed by atoms with Crippen molar-refractivity contribution in [2.45, 2.75) is 56.3 Å². The third kappa shape index (κ3) is 6.01. The van der Waals surface area contributed by atoms with E-state index in [1.54, 1.807) is 18.3 Å². The van der Waals surface area contributed by atoms with Crippen LogP contribution in [0, 0.1) is 11.7 Å². The van der Waals surface area contributed by atoms with Crippen LogP contribution >= 0.6 is 0 Å². The van der Waals surface area contributed by atoms with Crippen molar-refractivity contribution in [3.63, 3.8) is 0 Å². The Balaban J connectivity index is 1.20. The molecule has 1 N–H and O–H groups in total. The van der Waals surface area contributed by atoms with Crippen molar-refractivity contribution in [3.05, 3.63) is 54.0 Å². The number of alkyl halides is 1. The van der Waals surface area contributed by atoms with E-state index in [1.807, 2.05) is 18.2 Å². The number of hydrogen-bond acceptors (Lipinski definition) is 6. The molecule has 11 heteroatoms. The molecule has 0 spiro atoms. The highest BCUT2D eigenvalue weighted by Crippen LogP contribution is 2.35. The fourth-order valence-electron chi connectivity index (χ4n) is 5.46. The molecule has 0 amide bonds. The lowest BCUT2D eigenvalue weighted by atomic mass is 9.82. The van der Waals surface area contributed by atoms with Crippen molar-refractivity contribution < 1.29 is 21.9 Å². The molecule has 1 aromatic carbocycles. The second kappa shape index (κ2) is 11.0. The average Bonchev–Trinajstić information content (AvgIpc) is 2.87.